The number of carbonyl (C=O) groups is 1. The number of aromatic nitrogens is 1. The first-order valence-corrected chi connectivity index (χ1v) is 12.7. The molecule has 0 saturated heterocycles. The van der Waals surface area contributed by atoms with Crippen LogP contribution in [0.3, 0.4) is 0 Å². The van der Waals surface area contributed by atoms with Gasteiger partial charge >= 0.3 is 0 Å². The van der Waals surface area contributed by atoms with E-state index in [9.17, 15) is 22.0 Å². The molecule has 0 atom stereocenters. The van der Waals surface area contributed by atoms with Gasteiger partial charge in [0, 0.05) is 17.5 Å². The molecule has 0 aliphatic heterocycles. The summed E-state index contributed by atoms with van der Waals surface area (Å²) in [5.74, 6) is -2.50. The Kier molecular flexibility index (Phi) is 6.73. The number of fused-ring (bicyclic) bond motifs is 1. The van der Waals surface area contributed by atoms with E-state index in [4.69, 9.17) is 11.6 Å². The number of hydrogen-bond donors (Lipinski definition) is 0. The molecule has 5 nitrogen and oxygen atoms in total. The Morgan fingerprint density at radius 3 is 2.42 bits per heavy atom. The first-order chi connectivity index (χ1) is 15.7. The number of amides is 1. The highest BCUT2D eigenvalue weighted by molar-refractivity contribution is 7.91. The number of hydrogen-bond acceptors (Lipinski definition) is 5. The summed E-state index contributed by atoms with van der Waals surface area (Å²) < 4.78 is 53.4. The molecule has 0 aliphatic carbocycles. The number of nitrogens with zero attached hydrogens (tertiary/aromatic N) is 2. The van der Waals surface area contributed by atoms with Gasteiger partial charge in [0.1, 0.15) is 11.3 Å². The van der Waals surface area contributed by atoms with E-state index in [0.29, 0.717) is 5.02 Å². The molecule has 4 rings (SSSR count). The molecule has 4 aromatic rings. The van der Waals surface area contributed by atoms with Gasteiger partial charge in [-0.3, -0.25) is 9.69 Å². The third-order valence-electron chi connectivity index (χ3n) is 4.87. The van der Waals surface area contributed by atoms with Gasteiger partial charge in [-0.25, -0.2) is 22.2 Å². The molecule has 0 aliphatic rings. The van der Waals surface area contributed by atoms with Crippen LogP contribution in [-0.2, 0) is 21.2 Å². The molecule has 33 heavy (non-hydrogen) atoms. The van der Waals surface area contributed by atoms with E-state index >= 15 is 0 Å². The van der Waals surface area contributed by atoms with E-state index in [2.05, 4.69) is 4.98 Å². The maximum Gasteiger partial charge on any atom is 0.230 e. The van der Waals surface area contributed by atoms with E-state index < -0.39 is 33.1 Å². The van der Waals surface area contributed by atoms with Crippen LogP contribution in [-0.4, -0.2) is 25.1 Å². The maximum absolute atomic E-state index is 14.2. The molecule has 0 radical (unpaired) electrons. The minimum absolute atomic E-state index is 0.0453. The van der Waals surface area contributed by atoms with Crippen molar-refractivity contribution in [1.82, 2.24) is 4.98 Å². The topological polar surface area (TPSA) is 67.3 Å². The number of thiazole rings is 1. The van der Waals surface area contributed by atoms with Crippen LogP contribution in [0.5, 0.6) is 0 Å². The predicted octanol–water partition coefficient (Wildman–Crippen LogP) is 5.63. The van der Waals surface area contributed by atoms with Crippen molar-refractivity contribution in [3.8, 4) is 0 Å². The van der Waals surface area contributed by atoms with Crippen LogP contribution in [0, 0.1) is 11.6 Å². The lowest BCUT2D eigenvalue weighted by atomic mass is 10.2. The normalized spacial score (nSPS) is 11.6. The van der Waals surface area contributed by atoms with Gasteiger partial charge in [-0.15, -0.1) is 0 Å². The molecular weight excluding hydrogens is 490 g/mol. The number of halogens is 3. The highest BCUT2D eigenvalue weighted by Gasteiger charge is 2.24. The average molecular weight is 507 g/mol. The lowest BCUT2D eigenvalue weighted by Gasteiger charge is -2.20. The van der Waals surface area contributed by atoms with Crippen molar-refractivity contribution < 1.29 is 22.0 Å². The Balaban J connectivity index is 1.62. The second kappa shape index (κ2) is 9.54. The van der Waals surface area contributed by atoms with Crippen LogP contribution in [0.1, 0.15) is 12.0 Å². The highest BCUT2D eigenvalue weighted by Crippen LogP contribution is 2.32. The molecule has 1 amide bonds. The van der Waals surface area contributed by atoms with E-state index in [-0.39, 0.29) is 33.2 Å². The lowest BCUT2D eigenvalue weighted by molar-refractivity contribution is -0.118. The molecule has 0 unspecified atom stereocenters. The van der Waals surface area contributed by atoms with Gasteiger partial charge in [0.05, 0.1) is 21.9 Å². The van der Waals surface area contributed by atoms with Crippen LogP contribution in [0.2, 0.25) is 5.02 Å². The van der Waals surface area contributed by atoms with E-state index in [1.54, 1.807) is 24.3 Å². The van der Waals surface area contributed by atoms with Crippen molar-refractivity contribution in [1.29, 1.82) is 0 Å². The molecule has 0 bridgehead atoms. The van der Waals surface area contributed by atoms with Crippen molar-refractivity contribution in [3.05, 3.63) is 89.0 Å². The molecule has 0 saturated carbocycles. The van der Waals surface area contributed by atoms with Crippen molar-refractivity contribution in [2.24, 2.45) is 0 Å². The van der Waals surface area contributed by atoms with E-state index in [0.717, 1.165) is 29.0 Å². The molecule has 1 aromatic heterocycles. The fraction of sp³-hybridized carbons (Fsp3) is 0.130. The molecular formula is C23H17ClF2N2O3S2. The smallest absolute Gasteiger partial charge is 0.230 e. The monoisotopic (exact) mass is 506 g/mol. The van der Waals surface area contributed by atoms with Crippen LogP contribution >= 0.6 is 22.9 Å². The zero-order valence-electron chi connectivity index (χ0n) is 17.0. The SMILES string of the molecule is O=C(CCS(=O)(=O)c1ccc(Cl)cc1)N(Cc1ccccc1)c1nc2c(F)cc(F)cc2s1. The van der Waals surface area contributed by atoms with Crippen LogP contribution in [0.25, 0.3) is 10.2 Å². The summed E-state index contributed by atoms with van der Waals surface area (Å²) in [5.41, 5.74) is 0.730. The fourth-order valence-electron chi connectivity index (χ4n) is 3.21. The van der Waals surface area contributed by atoms with Gasteiger partial charge in [-0.2, -0.15) is 0 Å². The largest absolute Gasteiger partial charge is 0.284 e. The number of carbonyl (C=O) groups excluding carboxylic acids is 1. The van der Waals surface area contributed by atoms with Crippen molar-refractivity contribution in [3.63, 3.8) is 0 Å². The van der Waals surface area contributed by atoms with Gasteiger partial charge < -0.3 is 0 Å². The van der Waals surface area contributed by atoms with Gasteiger partial charge in [-0.05, 0) is 35.9 Å². The summed E-state index contributed by atoms with van der Waals surface area (Å²) in [6.07, 6.45) is -0.315. The number of sulfone groups is 1. The highest BCUT2D eigenvalue weighted by atomic mass is 35.5. The van der Waals surface area contributed by atoms with Crippen LogP contribution in [0.15, 0.2) is 71.6 Å². The first kappa shape index (κ1) is 23.3. The second-order valence-corrected chi connectivity index (χ2v) is 10.8. The van der Waals surface area contributed by atoms with E-state index in [1.165, 1.54) is 29.2 Å². The summed E-state index contributed by atoms with van der Waals surface area (Å²) in [6.45, 7) is 0.102. The van der Waals surface area contributed by atoms with Gasteiger partial charge in [0.15, 0.2) is 20.8 Å². The summed E-state index contributed by atoms with van der Waals surface area (Å²) >= 11 is 6.78. The van der Waals surface area contributed by atoms with Gasteiger partial charge in [0.2, 0.25) is 5.91 Å². The molecule has 170 valence electrons. The predicted molar refractivity (Wildman–Crippen MR) is 125 cm³/mol. The Morgan fingerprint density at radius 1 is 1.03 bits per heavy atom. The third-order valence-corrected chi connectivity index (χ3v) is 7.88. The quantitative estimate of drug-likeness (QED) is 0.326. The zero-order chi connectivity index (χ0) is 23.6. The Bertz CT molecular complexity index is 1410. The lowest BCUT2D eigenvalue weighted by Crippen LogP contribution is -2.31. The van der Waals surface area contributed by atoms with Crippen molar-refractivity contribution in [2.45, 2.75) is 17.9 Å². The summed E-state index contributed by atoms with van der Waals surface area (Å²) in [7, 11) is -3.73. The first-order valence-electron chi connectivity index (χ1n) is 9.81. The second-order valence-electron chi connectivity index (χ2n) is 7.22. The maximum atomic E-state index is 14.2. The van der Waals surface area contributed by atoms with Crippen molar-refractivity contribution in [2.75, 3.05) is 10.7 Å². The molecule has 0 N–H and O–H groups in total. The number of benzene rings is 3. The average Bonchev–Trinajstić information content (AvgIpc) is 3.21. The minimum Gasteiger partial charge on any atom is -0.284 e. The third kappa shape index (κ3) is 5.38. The number of anilines is 1. The van der Waals surface area contributed by atoms with Gasteiger partial charge in [-0.1, -0.05) is 53.3 Å². The molecule has 0 fully saturated rings. The number of rotatable bonds is 7. The summed E-state index contributed by atoms with van der Waals surface area (Å²) in [6, 6.07) is 16.6. The summed E-state index contributed by atoms with van der Waals surface area (Å²) in [5, 5.41) is 0.561. The Labute approximate surface area is 198 Å². The van der Waals surface area contributed by atoms with Gasteiger partial charge in [0.25, 0.3) is 0 Å². The molecule has 1 heterocycles. The van der Waals surface area contributed by atoms with Crippen LogP contribution < -0.4 is 4.90 Å². The minimum atomic E-state index is -3.73. The van der Waals surface area contributed by atoms with Crippen molar-refractivity contribution >= 4 is 54.0 Å². The Hall–Kier alpha value is -2.88. The van der Waals surface area contributed by atoms with E-state index in [1.807, 2.05) is 6.07 Å². The molecule has 3 aromatic carbocycles. The molecule has 0 spiro atoms. The summed E-state index contributed by atoms with van der Waals surface area (Å²) in [4.78, 5) is 18.7. The fourth-order valence-corrected chi connectivity index (χ4v) is 5.58. The zero-order valence-corrected chi connectivity index (χ0v) is 19.4. The standard InChI is InChI=1S/C23H17ClF2N2O3S2/c24-16-6-8-18(9-7-16)33(30,31)11-10-21(29)28(14-15-4-2-1-3-5-15)23-27-22-19(26)12-17(25)13-20(22)32-23/h1-9,12-13H,10-11,14H2. The van der Waals surface area contributed by atoms with Crippen LogP contribution in [0.4, 0.5) is 13.9 Å². The molecule has 10 heteroatoms. The Morgan fingerprint density at radius 2 is 1.73 bits per heavy atom.